The van der Waals surface area contributed by atoms with Gasteiger partial charge in [0.1, 0.15) is 17.4 Å². The van der Waals surface area contributed by atoms with Crippen LogP contribution in [0.1, 0.15) is 20.7 Å². The summed E-state index contributed by atoms with van der Waals surface area (Å²) in [6.45, 7) is -0.275. The Labute approximate surface area is 170 Å². The van der Waals surface area contributed by atoms with E-state index in [1.165, 1.54) is 6.07 Å². The Morgan fingerprint density at radius 2 is 1.76 bits per heavy atom. The average molecular weight is 414 g/mol. The van der Waals surface area contributed by atoms with Crippen LogP contribution in [0.2, 0.25) is 5.02 Å². The fraction of sp³-hybridized carbons (Fsp3) is 0.100. The molecular weight excluding hydrogens is 398 g/mol. The molecule has 29 heavy (non-hydrogen) atoms. The number of halogens is 1. The Hall–Kier alpha value is -3.65. The number of carbonyl (C=O) groups is 3. The molecule has 2 aromatic carbocycles. The van der Waals surface area contributed by atoms with Gasteiger partial charge in [0, 0.05) is 22.5 Å². The maximum atomic E-state index is 12.2. The second-order valence-corrected chi connectivity index (χ2v) is 6.57. The Bertz CT molecular complexity index is 1090. The number of benzene rings is 2. The minimum absolute atomic E-state index is 0.117. The van der Waals surface area contributed by atoms with Gasteiger partial charge in [-0.3, -0.25) is 4.79 Å². The lowest BCUT2D eigenvalue weighted by molar-refractivity contribution is -0.137. The van der Waals surface area contributed by atoms with Crippen molar-refractivity contribution >= 4 is 46.2 Å². The maximum absolute atomic E-state index is 12.2. The number of anilines is 1. The van der Waals surface area contributed by atoms with Crippen LogP contribution in [0.15, 0.2) is 54.6 Å². The van der Waals surface area contributed by atoms with Gasteiger partial charge in [-0.25, -0.2) is 14.6 Å². The Kier molecular flexibility index (Phi) is 5.94. The van der Waals surface area contributed by atoms with Gasteiger partial charge in [0.2, 0.25) is 0 Å². The van der Waals surface area contributed by atoms with E-state index in [-0.39, 0.29) is 17.9 Å². The van der Waals surface area contributed by atoms with Crippen molar-refractivity contribution in [3.8, 4) is 0 Å². The van der Waals surface area contributed by atoms with Gasteiger partial charge in [-0.1, -0.05) is 29.8 Å². The third kappa shape index (κ3) is 4.80. The monoisotopic (exact) mass is 413 g/mol. The molecule has 0 bridgehead atoms. The Morgan fingerprint density at radius 1 is 1.03 bits per heavy atom. The molecule has 1 unspecified atom stereocenters. The number of fused-ring (bicyclic) bond motifs is 1. The van der Waals surface area contributed by atoms with Crippen LogP contribution in [-0.4, -0.2) is 45.6 Å². The molecule has 148 valence electrons. The summed E-state index contributed by atoms with van der Waals surface area (Å²) < 4.78 is 0. The number of amides is 1. The molecule has 0 saturated carbocycles. The van der Waals surface area contributed by atoms with Gasteiger partial charge >= 0.3 is 11.9 Å². The molecule has 0 saturated heterocycles. The first-order valence-corrected chi connectivity index (χ1v) is 8.89. The van der Waals surface area contributed by atoms with Gasteiger partial charge in [-0.05, 0) is 36.4 Å². The number of carboxylic acids is 2. The molecule has 1 aromatic heterocycles. The molecular formula is C20H16ClN3O5. The van der Waals surface area contributed by atoms with Crippen LogP contribution in [0.4, 0.5) is 5.82 Å². The Morgan fingerprint density at radius 3 is 2.41 bits per heavy atom. The summed E-state index contributed by atoms with van der Waals surface area (Å²) >= 11 is 5.93. The van der Waals surface area contributed by atoms with Crippen molar-refractivity contribution in [2.75, 3.05) is 11.9 Å². The zero-order valence-corrected chi connectivity index (χ0v) is 15.7. The largest absolute Gasteiger partial charge is 0.480 e. The molecule has 3 rings (SSSR count). The van der Waals surface area contributed by atoms with Crippen LogP contribution in [0.25, 0.3) is 10.9 Å². The van der Waals surface area contributed by atoms with Crippen LogP contribution in [-0.2, 0) is 4.79 Å². The van der Waals surface area contributed by atoms with Crippen molar-refractivity contribution in [1.29, 1.82) is 0 Å². The lowest BCUT2D eigenvalue weighted by Gasteiger charge is -2.18. The van der Waals surface area contributed by atoms with E-state index in [0.717, 1.165) is 0 Å². The van der Waals surface area contributed by atoms with E-state index in [1.807, 2.05) is 0 Å². The summed E-state index contributed by atoms with van der Waals surface area (Å²) in [5, 5.41) is 25.0. The van der Waals surface area contributed by atoms with E-state index < -0.39 is 23.9 Å². The fourth-order valence-electron chi connectivity index (χ4n) is 2.67. The minimum atomic E-state index is -1.29. The first kappa shape index (κ1) is 20.1. The number of hydrogen-bond acceptors (Lipinski definition) is 5. The highest BCUT2D eigenvalue weighted by atomic mass is 35.5. The van der Waals surface area contributed by atoms with Crippen LogP contribution < -0.4 is 10.6 Å². The highest BCUT2D eigenvalue weighted by Crippen LogP contribution is 2.24. The van der Waals surface area contributed by atoms with E-state index in [1.54, 1.807) is 48.5 Å². The highest BCUT2D eigenvalue weighted by molar-refractivity contribution is 6.31. The quantitative estimate of drug-likeness (QED) is 0.468. The second-order valence-electron chi connectivity index (χ2n) is 6.14. The Balaban J connectivity index is 1.84. The number of carbonyl (C=O) groups excluding carboxylic acids is 1. The van der Waals surface area contributed by atoms with Crippen molar-refractivity contribution in [3.63, 3.8) is 0 Å². The number of aromatic carboxylic acids is 1. The van der Waals surface area contributed by atoms with Crippen molar-refractivity contribution < 1.29 is 24.6 Å². The molecule has 0 radical (unpaired) electrons. The standard InChI is InChI=1S/C20H16ClN3O5/c21-13-6-7-15-12(8-13)9-14(19(26)27)17(23-15)24-16(20(28)29)10-22-18(25)11-4-2-1-3-5-11/h1-9,16H,10H2,(H,22,25)(H,23,24)(H,26,27)(H,28,29). The van der Waals surface area contributed by atoms with Crippen molar-refractivity contribution in [3.05, 3.63) is 70.7 Å². The van der Waals surface area contributed by atoms with Gasteiger partial charge in [-0.2, -0.15) is 0 Å². The summed E-state index contributed by atoms with van der Waals surface area (Å²) in [5.41, 5.74) is 0.614. The summed E-state index contributed by atoms with van der Waals surface area (Å²) in [6.07, 6.45) is 0. The van der Waals surface area contributed by atoms with E-state index >= 15 is 0 Å². The second kappa shape index (κ2) is 8.57. The molecule has 0 fully saturated rings. The third-order valence-corrected chi connectivity index (χ3v) is 4.35. The average Bonchev–Trinajstić information content (AvgIpc) is 2.70. The molecule has 1 heterocycles. The van der Waals surface area contributed by atoms with E-state index in [9.17, 15) is 24.6 Å². The van der Waals surface area contributed by atoms with E-state index in [0.29, 0.717) is 21.5 Å². The van der Waals surface area contributed by atoms with Gasteiger partial charge in [0.25, 0.3) is 5.91 Å². The minimum Gasteiger partial charge on any atom is -0.480 e. The van der Waals surface area contributed by atoms with Gasteiger partial charge in [-0.15, -0.1) is 0 Å². The van der Waals surface area contributed by atoms with E-state index in [4.69, 9.17) is 11.6 Å². The number of rotatable bonds is 7. The molecule has 0 spiro atoms. The number of hydrogen-bond donors (Lipinski definition) is 4. The zero-order valence-electron chi connectivity index (χ0n) is 14.9. The lowest BCUT2D eigenvalue weighted by atomic mass is 10.1. The number of aromatic nitrogens is 1. The molecule has 3 aromatic rings. The van der Waals surface area contributed by atoms with Gasteiger partial charge < -0.3 is 20.8 Å². The maximum Gasteiger partial charge on any atom is 0.339 e. The van der Waals surface area contributed by atoms with Crippen molar-refractivity contribution in [1.82, 2.24) is 10.3 Å². The molecule has 0 aliphatic carbocycles. The topological polar surface area (TPSA) is 129 Å². The van der Waals surface area contributed by atoms with Crippen LogP contribution >= 0.6 is 11.6 Å². The molecule has 1 atom stereocenters. The smallest absolute Gasteiger partial charge is 0.339 e. The summed E-state index contributed by atoms with van der Waals surface area (Å²) in [4.78, 5) is 39.6. The third-order valence-electron chi connectivity index (χ3n) is 4.12. The molecule has 1 amide bonds. The molecule has 0 aliphatic rings. The van der Waals surface area contributed by atoms with Crippen molar-refractivity contribution in [2.24, 2.45) is 0 Å². The molecule has 9 heteroatoms. The van der Waals surface area contributed by atoms with E-state index in [2.05, 4.69) is 15.6 Å². The number of pyridine rings is 1. The highest BCUT2D eigenvalue weighted by Gasteiger charge is 2.23. The lowest BCUT2D eigenvalue weighted by Crippen LogP contribution is -2.42. The fourth-order valence-corrected chi connectivity index (χ4v) is 2.85. The normalized spacial score (nSPS) is 11.6. The number of carboxylic acid groups (broad SMARTS) is 2. The summed E-state index contributed by atoms with van der Waals surface area (Å²) in [5.74, 6) is -3.11. The first-order chi connectivity index (χ1) is 13.8. The number of nitrogens with zero attached hydrogens (tertiary/aromatic N) is 1. The van der Waals surface area contributed by atoms with Gasteiger partial charge in [0.05, 0.1) is 5.52 Å². The predicted molar refractivity (Wildman–Crippen MR) is 108 cm³/mol. The summed E-state index contributed by atoms with van der Waals surface area (Å²) in [7, 11) is 0. The molecule has 0 aliphatic heterocycles. The van der Waals surface area contributed by atoms with Crippen LogP contribution in [0, 0.1) is 0 Å². The SMILES string of the molecule is O=C(NCC(Nc1nc2ccc(Cl)cc2cc1C(=O)O)C(=O)O)c1ccccc1. The van der Waals surface area contributed by atoms with Crippen molar-refractivity contribution in [2.45, 2.75) is 6.04 Å². The van der Waals surface area contributed by atoms with Crippen LogP contribution in [0.5, 0.6) is 0 Å². The van der Waals surface area contributed by atoms with Crippen LogP contribution in [0.3, 0.4) is 0 Å². The predicted octanol–water partition coefficient (Wildman–Crippen LogP) is 2.88. The number of nitrogens with one attached hydrogen (secondary N) is 2. The van der Waals surface area contributed by atoms with Gasteiger partial charge in [0.15, 0.2) is 0 Å². The molecule has 4 N–H and O–H groups in total. The molecule has 8 nitrogen and oxygen atoms in total. The summed E-state index contributed by atoms with van der Waals surface area (Å²) in [6, 6.07) is 13.1. The first-order valence-electron chi connectivity index (χ1n) is 8.51. The number of aliphatic carboxylic acids is 1. The zero-order chi connectivity index (χ0) is 21.0.